The van der Waals surface area contributed by atoms with Crippen LogP contribution >= 0.6 is 0 Å². The molecule has 0 radical (unpaired) electrons. The second-order valence-corrected chi connectivity index (χ2v) is 20.5. The molecule has 0 aromatic heterocycles. The molecule has 0 amide bonds. The van der Waals surface area contributed by atoms with Gasteiger partial charge in [-0.3, -0.25) is 13.2 Å². The van der Waals surface area contributed by atoms with Gasteiger partial charge in [-0.2, -0.15) is 25.6 Å². The molecule has 2 bridgehead atoms. The van der Waals surface area contributed by atoms with Crippen molar-refractivity contribution in [1.29, 1.82) is 0 Å². The number of benzene rings is 2. The smallest absolute Gasteiger partial charge is 0.318 e. The molecule has 3 heterocycles. The topological polar surface area (TPSA) is 179 Å². The minimum absolute atomic E-state index is 0.0127. The predicted molar refractivity (Wildman–Crippen MR) is 186 cm³/mol. The lowest BCUT2D eigenvalue weighted by Crippen LogP contribution is -2.50. The summed E-state index contributed by atoms with van der Waals surface area (Å²) in [5.41, 5.74) is 2.38. The predicted octanol–water partition coefficient (Wildman–Crippen LogP) is 6.46. The maximum Gasteiger partial charge on any atom is 0.318 e. The van der Waals surface area contributed by atoms with Crippen LogP contribution in [-0.4, -0.2) is 65.4 Å². The summed E-state index contributed by atoms with van der Waals surface area (Å²) in [7, 11) is -15.6. The zero-order valence-corrected chi connectivity index (χ0v) is 32.5. The van der Waals surface area contributed by atoms with Crippen LogP contribution in [-0.2, 0) is 48.3 Å². The van der Waals surface area contributed by atoms with Gasteiger partial charge in [-0.1, -0.05) is 69.9 Å². The number of rotatable bonds is 9. The monoisotopic (exact) mass is 849 g/mol. The molecular weight excluding hydrogens is 809 g/mol. The Kier molecular flexibility index (Phi) is 10.6. The Morgan fingerprint density at radius 2 is 1.16 bits per heavy atom. The van der Waals surface area contributed by atoms with Gasteiger partial charge in [-0.15, -0.1) is 0 Å². The highest BCUT2D eigenvalue weighted by Crippen LogP contribution is 2.53. The van der Waals surface area contributed by atoms with Crippen LogP contribution in [0.4, 0.5) is 17.6 Å². The highest BCUT2D eigenvalue weighted by molar-refractivity contribution is 7.88. The van der Waals surface area contributed by atoms with E-state index in [1.807, 2.05) is 12.1 Å². The largest absolute Gasteiger partial charge is 0.744 e. The maximum absolute atomic E-state index is 14.9. The second kappa shape index (κ2) is 14.9. The van der Waals surface area contributed by atoms with Crippen molar-refractivity contribution in [3.8, 4) is 5.75 Å². The molecule has 0 N–H and O–H groups in total. The number of hydrogen-bond acceptors (Lipinski definition) is 12. The number of ether oxygens (including phenoxy) is 2. The van der Waals surface area contributed by atoms with Crippen molar-refractivity contribution < 1.29 is 70.0 Å². The van der Waals surface area contributed by atoms with Crippen molar-refractivity contribution in [2.75, 3.05) is 0 Å². The first-order chi connectivity index (χ1) is 26.5. The van der Waals surface area contributed by atoms with E-state index in [1.54, 1.807) is 0 Å². The Morgan fingerprint density at radius 3 is 1.64 bits per heavy atom. The normalized spacial score (nSPS) is 29.9. The van der Waals surface area contributed by atoms with Crippen LogP contribution in [0.15, 0.2) is 21.9 Å². The van der Waals surface area contributed by atoms with E-state index in [9.17, 15) is 52.2 Å². The molecule has 6 unspecified atom stereocenters. The molecule has 0 spiro atoms. The third-order valence-corrected chi connectivity index (χ3v) is 16.7. The standard InChI is InChI=1S/C37H42F4O12S3/c38-25-27(40)36(54(43,44)45)28(41)26(39)30(25)51-37(42)24-29-31(32-33(50-29)35(24)56(48,49)53-32)52-55(46,47)34-22(19-12-6-2-7-13-19)16-21(18-10-4-1-5-11-18)17-23(34)20-14-8-3-9-15-20/h16-20,24,29,31-33,35H,1-15H2,(H,43,44,45)/p-1. The van der Waals surface area contributed by atoms with Gasteiger partial charge in [-0.05, 0) is 73.0 Å². The van der Waals surface area contributed by atoms with Gasteiger partial charge in [0.25, 0.3) is 20.2 Å². The molecule has 12 nitrogen and oxygen atoms in total. The van der Waals surface area contributed by atoms with E-state index in [4.69, 9.17) is 13.1 Å². The number of halogens is 4. The quantitative estimate of drug-likeness (QED) is 0.0672. The Morgan fingerprint density at radius 1 is 0.679 bits per heavy atom. The van der Waals surface area contributed by atoms with Crippen LogP contribution in [0, 0.1) is 29.2 Å². The Bertz CT molecular complexity index is 2180. The minimum atomic E-state index is -6.09. The van der Waals surface area contributed by atoms with E-state index in [-0.39, 0.29) is 22.6 Å². The molecule has 2 aromatic rings. The van der Waals surface area contributed by atoms with Crippen molar-refractivity contribution in [2.24, 2.45) is 5.92 Å². The minimum Gasteiger partial charge on any atom is -0.744 e. The van der Waals surface area contributed by atoms with Gasteiger partial charge in [0.15, 0.2) is 11.6 Å². The first-order valence-electron chi connectivity index (χ1n) is 19.2. The summed E-state index contributed by atoms with van der Waals surface area (Å²) in [5.74, 6) is -16.4. The lowest BCUT2D eigenvalue weighted by molar-refractivity contribution is -0.142. The van der Waals surface area contributed by atoms with Gasteiger partial charge in [0.05, 0.1) is 0 Å². The van der Waals surface area contributed by atoms with Crippen molar-refractivity contribution in [2.45, 2.75) is 154 Å². The van der Waals surface area contributed by atoms with Crippen molar-refractivity contribution >= 4 is 36.3 Å². The number of carbonyl (C=O) groups is 1. The first-order valence-corrected chi connectivity index (χ1v) is 23.5. The fourth-order valence-electron chi connectivity index (χ4n) is 10.1. The van der Waals surface area contributed by atoms with E-state index in [2.05, 4.69) is 4.74 Å². The summed E-state index contributed by atoms with van der Waals surface area (Å²) in [6.07, 6.45) is 7.33. The van der Waals surface area contributed by atoms with Crippen LogP contribution in [0.5, 0.6) is 5.75 Å². The van der Waals surface area contributed by atoms with Crippen molar-refractivity contribution in [1.82, 2.24) is 0 Å². The summed E-state index contributed by atoms with van der Waals surface area (Å²) >= 11 is 0. The zero-order valence-electron chi connectivity index (χ0n) is 30.1. The van der Waals surface area contributed by atoms with Gasteiger partial charge in [0.1, 0.15) is 55.5 Å². The second-order valence-electron chi connectivity index (χ2n) is 15.9. The average Bonchev–Trinajstić information content (AvgIpc) is 3.79. The number of fused-ring (bicyclic) bond motifs is 1. The molecule has 3 aliphatic heterocycles. The Hall–Kier alpha value is -2.68. The summed E-state index contributed by atoms with van der Waals surface area (Å²) in [4.78, 5) is 11.1. The molecule has 3 aliphatic carbocycles. The van der Waals surface area contributed by atoms with Gasteiger partial charge in [0, 0.05) is 0 Å². The number of carbonyl (C=O) groups excluding carboxylic acids is 1. The maximum atomic E-state index is 14.9. The molecule has 3 saturated heterocycles. The molecule has 6 aliphatic rings. The molecular formula is C37H41F4O12S3-. The summed E-state index contributed by atoms with van der Waals surface area (Å²) in [6.45, 7) is 0. The van der Waals surface area contributed by atoms with Crippen LogP contribution < -0.4 is 4.74 Å². The molecule has 6 atom stereocenters. The molecule has 308 valence electrons. The summed E-state index contributed by atoms with van der Waals surface area (Å²) in [6, 6.07) is 4.01. The van der Waals surface area contributed by atoms with Crippen LogP contribution in [0.2, 0.25) is 0 Å². The highest BCUT2D eigenvalue weighted by Gasteiger charge is 2.74. The fourth-order valence-corrected chi connectivity index (χ4v) is 14.1. The number of esters is 1. The lowest BCUT2D eigenvalue weighted by atomic mass is 9.76. The average molecular weight is 850 g/mol. The summed E-state index contributed by atoms with van der Waals surface area (Å²) in [5, 5.41) is -1.89. The fraction of sp³-hybridized carbons (Fsp3) is 0.649. The van der Waals surface area contributed by atoms with Crippen molar-refractivity contribution in [3.63, 3.8) is 0 Å². The molecule has 2 aromatic carbocycles. The zero-order chi connectivity index (χ0) is 39.9. The Labute approximate surface area is 322 Å². The van der Waals surface area contributed by atoms with Gasteiger partial charge in [0.2, 0.25) is 17.4 Å². The highest BCUT2D eigenvalue weighted by atomic mass is 32.2. The van der Waals surface area contributed by atoms with Gasteiger partial charge < -0.3 is 14.0 Å². The number of hydrogen-bond donors (Lipinski definition) is 0. The third-order valence-electron chi connectivity index (χ3n) is 12.6. The Balaban J connectivity index is 1.18. The third kappa shape index (κ3) is 6.89. The van der Waals surface area contributed by atoms with Gasteiger partial charge >= 0.3 is 5.97 Å². The summed E-state index contributed by atoms with van der Waals surface area (Å²) < 4.78 is 171. The molecule has 6 fully saturated rings. The van der Waals surface area contributed by atoms with E-state index < -0.39 is 106 Å². The first kappa shape index (κ1) is 40.1. The molecule has 19 heteroatoms. The lowest BCUT2D eigenvalue weighted by Gasteiger charge is -2.33. The van der Waals surface area contributed by atoms with Crippen LogP contribution in [0.3, 0.4) is 0 Å². The SMILES string of the molecule is O=C(Oc1c(F)c(F)c(S(=O)(=O)[O-])c(F)c1F)C1C2OC3C(OS(=O)(=O)C31)C2OS(=O)(=O)c1c(C2CCCCC2)cc(C2CCCCC2)cc1C1CCCCC1. The van der Waals surface area contributed by atoms with E-state index in [1.165, 1.54) is 0 Å². The van der Waals surface area contributed by atoms with Crippen LogP contribution in [0.1, 0.15) is 131 Å². The van der Waals surface area contributed by atoms with Crippen molar-refractivity contribution in [3.05, 3.63) is 52.1 Å². The molecule has 8 rings (SSSR count). The molecule has 3 saturated carbocycles. The van der Waals surface area contributed by atoms with Crippen LogP contribution in [0.25, 0.3) is 0 Å². The van der Waals surface area contributed by atoms with Gasteiger partial charge in [-0.25, -0.2) is 17.2 Å². The van der Waals surface area contributed by atoms with E-state index in [0.29, 0.717) is 11.1 Å². The van der Waals surface area contributed by atoms with E-state index >= 15 is 0 Å². The van der Waals surface area contributed by atoms with E-state index in [0.717, 1.165) is 102 Å². The molecule has 56 heavy (non-hydrogen) atoms.